The molecule has 0 saturated heterocycles. The molecule has 0 bridgehead atoms. The highest BCUT2D eigenvalue weighted by Gasteiger charge is 2.29. The van der Waals surface area contributed by atoms with Crippen molar-refractivity contribution in [2.45, 2.75) is 12.6 Å². The maximum atomic E-state index is 11.5. The summed E-state index contributed by atoms with van der Waals surface area (Å²) >= 11 is -1.79. The lowest BCUT2D eigenvalue weighted by atomic mass is 10.5. The van der Waals surface area contributed by atoms with Crippen LogP contribution in [0.15, 0.2) is 0 Å². The van der Waals surface area contributed by atoms with Gasteiger partial charge in [0.1, 0.15) is 5.75 Å². The van der Waals surface area contributed by atoms with Gasteiger partial charge in [-0.15, -0.1) is 0 Å². The van der Waals surface area contributed by atoms with Crippen LogP contribution in [0.25, 0.3) is 0 Å². The van der Waals surface area contributed by atoms with Gasteiger partial charge in [-0.25, -0.2) is 0 Å². The normalized spacial score (nSPS) is 14.3. The number of rotatable bonds is 4. The highest BCUT2D eigenvalue weighted by atomic mass is 32.2. The maximum absolute atomic E-state index is 11.5. The second kappa shape index (κ2) is 4.56. The van der Waals surface area contributed by atoms with Crippen LogP contribution in [-0.2, 0) is 16.0 Å². The molecule has 0 aromatic carbocycles. The van der Waals surface area contributed by atoms with Gasteiger partial charge in [0.05, 0.1) is 6.42 Å². The largest absolute Gasteiger partial charge is 0.616 e. The molecule has 1 amide bonds. The van der Waals surface area contributed by atoms with E-state index in [1.54, 1.807) is 0 Å². The van der Waals surface area contributed by atoms with E-state index in [0.717, 1.165) is 0 Å². The summed E-state index contributed by atoms with van der Waals surface area (Å²) in [6, 6.07) is 0. The lowest BCUT2D eigenvalue weighted by Gasteiger charge is -2.10. The summed E-state index contributed by atoms with van der Waals surface area (Å²) in [5.41, 5.74) is 4.62. The molecule has 0 heterocycles. The van der Waals surface area contributed by atoms with Gasteiger partial charge in [-0.3, -0.25) is 4.79 Å². The number of carbonyl (C=O) groups is 1. The summed E-state index contributed by atoms with van der Waals surface area (Å²) in [6.45, 7) is 0. The molecule has 0 aliphatic carbocycles. The molecule has 0 radical (unpaired) electrons. The lowest BCUT2D eigenvalue weighted by molar-refractivity contribution is -0.130. The van der Waals surface area contributed by atoms with Crippen molar-refractivity contribution in [1.29, 1.82) is 0 Å². The van der Waals surface area contributed by atoms with Crippen LogP contribution >= 0.6 is 0 Å². The molecule has 72 valence electrons. The molecule has 0 saturated carbocycles. The summed E-state index contributed by atoms with van der Waals surface area (Å²) < 4.78 is 45.1. The minimum absolute atomic E-state index is 0.504. The Balaban J connectivity index is 3.57. The molecular weight excluding hydrogens is 195 g/mol. The number of primary amides is 1. The third-order valence-corrected chi connectivity index (χ3v) is 2.18. The Morgan fingerprint density at radius 1 is 1.50 bits per heavy atom. The van der Waals surface area contributed by atoms with E-state index in [-0.39, 0.29) is 0 Å². The van der Waals surface area contributed by atoms with Crippen LogP contribution in [0.5, 0.6) is 0 Å². The fourth-order valence-electron chi connectivity index (χ4n) is 0.460. The van der Waals surface area contributed by atoms with Crippen LogP contribution in [0.4, 0.5) is 13.2 Å². The predicted octanol–water partition coefficient (Wildman–Crippen LogP) is 0.173. The van der Waals surface area contributed by atoms with Gasteiger partial charge in [0.2, 0.25) is 0 Å². The fraction of sp³-hybridized carbons (Fsp3) is 0.800. The van der Waals surface area contributed by atoms with Gasteiger partial charge in [-0.05, 0) is 11.2 Å². The number of hydrogen-bond donors (Lipinski definition) is 1. The van der Waals surface area contributed by atoms with Crippen LogP contribution in [0.3, 0.4) is 0 Å². The predicted molar refractivity (Wildman–Crippen MR) is 37.7 cm³/mol. The molecule has 1 atom stereocenters. The van der Waals surface area contributed by atoms with Crippen LogP contribution in [0.2, 0.25) is 0 Å². The molecule has 0 spiro atoms. The van der Waals surface area contributed by atoms with Crippen molar-refractivity contribution in [3.05, 3.63) is 0 Å². The molecule has 7 heteroatoms. The average molecular weight is 203 g/mol. The van der Waals surface area contributed by atoms with Gasteiger partial charge < -0.3 is 10.3 Å². The summed E-state index contributed by atoms with van der Waals surface area (Å²) in [5.74, 6) is -1.92. The van der Waals surface area contributed by atoms with Crippen molar-refractivity contribution in [2.75, 3.05) is 11.5 Å². The van der Waals surface area contributed by atoms with E-state index >= 15 is 0 Å². The summed E-state index contributed by atoms with van der Waals surface area (Å²) in [5, 5.41) is 0. The Morgan fingerprint density at radius 2 is 2.00 bits per heavy atom. The van der Waals surface area contributed by atoms with Gasteiger partial charge in [-0.2, -0.15) is 13.2 Å². The van der Waals surface area contributed by atoms with Gasteiger partial charge in [0.25, 0.3) is 5.91 Å². The number of carbonyl (C=O) groups excluding carboxylic acids is 1. The van der Waals surface area contributed by atoms with Gasteiger partial charge in [-0.1, -0.05) is 0 Å². The van der Waals surface area contributed by atoms with Crippen molar-refractivity contribution in [1.82, 2.24) is 0 Å². The standard InChI is InChI=1S/C5H8F3NO2S/c6-5(7,8)1-2-12(11)3-4(9)10/h1-3H2,(H2,9,10). The minimum atomic E-state index is -4.33. The Kier molecular flexibility index (Phi) is 4.40. The van der Waals surface area contributed by atoms with Gasteiger partial charge in [0.15, 0.2) is 5.75 Å². The third-order valence-electron chi connectivity index (χ3n) is 0.916. The summed E-state index contributed by atoms with van der Waals surface area (Å²) in [6.07, 6.45) is -5.47. The van der Waals surface area contributed by atoms with E-state index in [1.165, 1.54) is 0 Å². The molecule has 0 aromatic rings. The maximum Gasteiger partial charge on any atom is 0.393 e. The molecule has 0 rings (SSSR count). The number of amides is 1. The zero-order valence-corrected chi connectivity index (χ0v) is 6.87. The molecule has 3 nitrogen and oxygen atoms in total. The molecule has 0 fully saturated rings. The smallest absolute Gasteiger partial charge is 0.393 e. The Labute approximate surface area is 70.3 Å². The van der Waals surface area contributed by atoms with Crippen molar-refractivity contribution < 1.29 is 22.5 Å². The van der Waals surface area contributed by atoms with Crippen LogP contribution in [-0.4, -0.2) is 28.1 Å². The van der Waals surface area contributed by atoms with E-state index in [1.807, 2.05) is 0 Å². The lowest BCUT2D eigenvalue weighted by Crippen LogP contribution is -2.27. The number of hydrogen-bond acceptors (Lipinski definition) is 2. The zero-order valence-electron chi connectivity index (χ0n) is 6.06. The highest BCUT2D eigenvalue weighted by molar-refractivity contribution is 7.92. The summed E-state index contributed by atoms with van der Waals surface area (Å²) in [7, 11) is 0. The first-order chi connectivity index (χ1) is 5.31. The van der Waals surface area contributed by atoms with E-state index in [2.05, 4.69) is 5.73 Å². The van der Waals surface area contributed by atoms with Gasteiger partial charge >= 0.3 is 6.18 Å². The Bertz CT molecular complexity index is 161. The van der Waals surface area contributed by atoms with Gasteiger partial charge in [0, 0.05) is 0 Å². The first-order valence-electron chi connectivity index (χ1n) is 3.01. The van der Waals surface area contributed by atoms with Crippen LogP contribution in [0, 0.1) is 0 Å². The van der Waals surface area contributed by atoms with Crippen molar-refractivity contribution >= 4 is 17.1 Å². The second-order valence-corrected chi connectivity index (χ2v) is 3.70. The minimum Gasteiger partial charge on any atom is -0.616 e. The highest BCUT2D eigenvalue weighted by Crippen LogP contribution is 2.20. The molecule has 0 aliphatic heterocycles. The molecule has 12 heavy (non-hydrogen) atoms. The van der Waals surface area contributed by atoms with E-state index in [4.69, 9.17) is 0 Å². The van der Waals surface area contributed by atoms with E-state index in [9.17, 15) is 22.5 Å². The van der Waals surface area contributed by atoms with Crippen molar-refractivity contribution in [2.24, 2.45) is 5.73 Å². The van der Waals surface area contributed by atoms with Crippen LogP contribution in [0.1, 0.15) is 6.42 Å². The number of nitrogens with two attached hydrogens (primary N) is 1. The topological polar surface area (TPSA) is 66.2 Å². The molecule has 0 aromatic heterocycles. The fourth-order valence-corrected chi connectivity index (χ4v) is 1.38. The van der Waals surface area contributed by atoms with E-state index < -0.39 is 41.2 Å². The average Bonchev–Trinajstić information content (AvgIpc) is 1.80. The Hall–Kier alpha value is -0.430. The third kappa shape index (κ3) is 7.67. The Morgan fingerprint density at radius 3 is 2.33 bits per heavy atom. The van der Waals surface area contributed by atoms with Crippen molar-refractivity contribution in [3.63, 3.8) is 0 Å². The first kappa shape index (κ1) is 11.6. The van der Waals surface area contributed by atoms with E-state index in [0.29, 0.717) is 0 Å². The monoisotopic (exact) mass is 203 g/mol. The van der Waals surface area contributed by atoms with Crippen molar-refractivity contribution in [3.8, 4) is 0 Å². The molecular formula is C5H8F3NO2S. The quantitative estimate of drug-likeness (QED) is 0.662. The first-order valence-corrected chi connectivity index (χ1v) is 4.50. The number of halogens is 3. The number of alkyl halides is 3. The molecule has 0 aliphatic rings. The van der Waals surface area contributed by atoms with Crippen LogP contribution < -0.4 is 5.73 Å². The molecule has 1 unspecified atom stereocenters. The zero-order chi connectivity index (χ0) is 9.78. The SMILES string of the molecule is NC(=O)C[S+]([O-])CCC(F)(F)F. The second-order valence-electron chi connectivity index (χ2n) is 2.12. The molecule has 2 N–H and O–H groups in total. The summed E-state index contributed by atoms with van der Waals surface area (Å²) in [4.78, 5) is 10.1.